The molecule has 0 aliphatic carbocycles. The number of hydrogen-bond donors (Lipinski definition) is 9. The van der Waals surface area contributed by atoms with Crippen molar-refractivity contribution in [3.05, 3.63) is 36.0 Å². The average Bonchev–Trinajstić information content (AvgIpc) is 3.26. The number of carbonyl (C=O) groups excluding carboxylic acids is 3. The van der Waals surface area contributed by atoms with E-state index in [-0.39, 0.29) is 12.2 Å². The number of carbonyl (C=O) groups is 6. The third-order valence-corrected chi connectivity index (χ3v) is 5.91. The summed E-state index contributed by atoms with van der Waals surface area (Å²) in [4.78, 5) is 74.4. The molecule has 3 amide bonds. The monoisotopic (exact) mass is 551 g/mol. The highest BCUT2D eigenvalue weighted by Gasteiger charge is 2.31. The Balaban J connectivity index is 2.04. The van der Waals surface area contributed by atoms with Gasteiger partial charge in [-0.05, 0) is 24.5 Å². The molecule has 14 nitrogen and oxygen atoms in total. The fourth-order valence-corrected chi connectivity index (χ4v) is 3.81. The molecular weight excluding hydrogens is 522 g/mol. The number of fused-ring (bicyclic) bond motifs is 1. The number of nitrogens with two attached hydrogens (primary N) is 1. The molecule has 9 N–H and O–H groups in total. The van der Waals surface area contributed by atoms with Gasteiger partial charge in [-0.25, -0.2) is 4.79 Å². The Labute approximate surface area is 221 Å². The van der Waals surface area contributed by atoms with E-state index in [9.17, 15) is 33.9 Å². The Morgan fingerprint density at radius 1 is 0.868 bits per heavy atom. The van der Waals surface area contributed by atoms with Gasteiger partial charge >= 0.3 is 17.9 Å². The number of para-hydroxylation sites is 1. The Bertz CT molecular complexity index is 1200. The molecule has 0 spiro atoms. The number of aromatic nitrogens is 1. The number of aliphatic carboxylic acids is 3. The number of nitrogens with one attached hydrogen (secondary N) is 4. The lowest BCUT2D eigenvalue weighted by molar-refractivity contribution is -0.144. The molecule has 15 heteroatoms. The number of rotatable bonds is 15. The predicted octanol–water partition coefficient (Wildman–Crippen LogP) is -1.15. The number of aromatic amines is 1. The molecule has 4 atom stereocenters. The van der Waals surface area contributed by atoms with Crippen molar-refractivity contribution in [3.8, 4) is 0 Å². The molecule has 0 saturated carbocycles. The molecule has 1 aromatic heterocycles. The highest BCUT2D eigenvalue weighted by molar-refractivity contribution is 7.80. The molecule has 0 aliphatic rings. The summed E-state index contributed by atoms with van der Waals surface area (Å²) in [5, 5.41) is 34.6. The van der Waals surface area contributed by atoms with Gasteiger partial charge in [-0.15, -0.1) is 0 Å². The molecule has 0 bridgehead atoms. The normalized spacial score (nSPS) is 14.1. The summed E-state index contributed by atoms with van der Waals surface area (Å²) in [5.74, 6) is -7.33. The zero-order valence-electron chi connectivity index (χ0n) is 20.0. The molecule has 1 heterocycles. The average molecular weight is 552 g/mol. The Kier molecular flexibility index (Phi) is 11.1. The van der Waals surface area contributed by atoms with Crippen molar-refractivity contribution in [2.45, 2.75) is 49.9 Å². The van der Waals surface area contributed by atoms with Crippen LogP contribution in [0.15, 0.2) is 30.5 Å². The third-order valence-electron chi connectivity index (χ3n) is 5.54. The molecular formula is C23H29N5O9S. The van der Waals surface area contributed by atoms with Crippen LogP contribution in [0.1, 0.15) is 24.8 Å². The van der Waals surface area contributed by atoms with E-state index in [0.717, 1.165) is 16.5 Å². The quantitative estimate of drug-likeness (QED) is 0.120. The van der Waals surface area contributed by atoms with Gasteiger partial charge in [-0.3, -0.25) is 24.0 Å². The number of amides is 3. The fourth-order valence-electron chi connectivity index (χ4n) is 3.56. The summed E-state index contributed by atoms with van der Waals surface area (Å²) in [5.41, 5.74) is 7.67. The Hall–Kier alpha value is -4.11. The molecule has 0 saturated heterocycles. The van der Waals surface area contributed by atoms with E-state index in [1.165, 1.54) is 0 Å². The van der Waals surface area contributed by atoms with Crippen LogP contribution < -0.4 is 21.7 Å². The van der Waals surface area contributed by atoms with Crippen LogP contribution in [0.4, 0.5) is 0 Å². The van der Waals surface area contributed by atoms with Gasteiger partial charge < -0.3 is 42.0 Å². The fraction of sp³-hybridized carbons (Fsp3) is 0.391. The number of hydrogen-bond acceptors (Lipinski definition) is 8. The van der Waals surface area contributed by atoms with E-state index in [1.807, 2.05) is 29.6 Å². The maximum atomic E-state index is 12.8. The molecule has 0 aliphatic heterocycles. The highest BCUT2D eigenvalue weighted by Crippen LogP contribution is 2.18. The van der Waals surface area contributed by atoms with E-state index < -0.39 is 79.1 Å². The zero-order chi connectivity index (χ0) is 28.4. The van der Waals surface area contributed by atoms with E-state index in [1.54, 1.807) is 6.20 Å². The summed E-state index contributed by atoms with van der Waals surface area (Å²) < 4.78 is 0. The minimum absolute atomic E-state index is 0.147. The maximum absolute atomic E-state index is 12.8. The molecule has 2 rings (SSSR count). The minimum Gasteiger partial charge on any atom is -0.481 e. The first-order chi connectivity index (χ1) is 17.9. The number of carboxylic acids is 3. The van der Waals surface area contributed by atoms with Crippen LogP contribution in [0.25, 0.3) is 10.9 Å². The van der Waals surface area contributed by atoms with Crippen LogP contribution in [0.5, 0.6) is 0 Å². The molecule has 38 heavy (non-hydrogen) atoms. The highest BCUT2D eigenvalue weighted by atomic mass is 32.1. The van der Waals surface area contributed by atoms with Crippen LogP contribution in [0, 0.1) is 0 Å². The summed E-state index contributed by atoms with van der Waals surface area (Å²) in [7, 11) is 0. The van der Waals surface area contributed by atoms with Crippen LogP contribution in [0.2, 0.25) is 0 Å². The number of benzene rings is 1. The van der Waals surface area contributed by atoms with Crippen LogP contribution in [-0.4, -0.2) is 85.9 Å². The second kappa shape index (κ2) is 14.0. The Morgan fingerprint density at radius 2 is 1.47 bits per heavy atom. The number of carboxylic acid groups (broad SMARTS) is 3. The lowest BCUT2D eigenvalue weighted by Gasteiger charge is -2.23. The first-order valence-corrected chi connectivity index (χ1v) is 12.0. The predicted molar refractivity (Wildman–Crippen MR) is 136 cm³/mol. The van der Waals surface area contributed by atoms with Gasteiger partial charge in [0.1, 0.15) is 18.1 Å². The topological polar surface area (TPSA) is 241 Å². The minimum atomic E-state index is -1.72. The molecule has 2 aromatic rings. The first-order valence-electron chi connectivity index (χ1n) is 11.4. The lowest BCUT2D eigenvalue weighted by atomic mass is 10.0. The van der Waals surface area contributed by atoms with E-state index in [4.69, 9.17) is 15.9 Å². The second-order valence-corrected chi connectivity index (χ2v) is 8.77. The molecule has 206 valence electrons. The largest absolute Gasteiger partial charge is 0.481 e. The first kappa shape index (κ1) is 30.1. The molecule has 1 aromatic carbocycles. The lowest BCUT2D eigenvalue weighted by Crippen LogP contribution is -2.58. The van der Waals surface area contributed by atoms with Gasteiger partial charge in [0.25, 0.3) is 0 Å². The summed E-state index contributed by atoms with van der Waals surface area (Å²) >= 11 is 4.04. The summed E-state index contributed by atoms with van der Waals surface area (Å²) in [6.45, 7) is 0. The summed E-state index contributed by atoms with van der Waals surface area (Å²) in [6.07, 6.45) is -0.0754. The van der Waals surface area contributed by atoms with Crippen molar-refractivity contribution in [2.24, 2.45) is 5.73 Å². The maximum Gasteiger partial charge on any atom is 0.326 e. The number of H-pyrrole nitrogens is 1. The summed E-state index contributed by atoms with van der Waals surface area (Å²) in [6, 6.07) is 1.71. The SMILES string of the molecule is NC(Cc1c[nH]c2ccccc12)C(=O)NC(CS)C(=O)NC(CC(=O)O)C(=O)NC(CCC(=O)O)C(=O)O. The van der Waals surface area contributed by atoms with Crippen molar-refractivity contribution in [2.75, 3.05) is 5.75 Å². The van der Waals surface area contributed by atoms with E-state index in [0.29, 0.717) is 0 Å². The van der Waals surface area contributed by atoms with Crippen molar-refractivity contribution in [3.63, 3.8) is 0 Å². The van der Waals surface area contributed by atoms with Crippen LogP contribution in [-0.2, 0) is 35.2 Å². The van der Waals surface area contributed by atoms with Crippen molar-refractivity contribution < 1.29 is 44.1 Å². The molecule has 0 radical (unpaired) electrons. The standard InChI is InChI=1S/C23H29N5O9S/c24-13(7-11-9-25-14-4-2-1-3-12(11)14)20(33)28-17(10-38)22(35)27-16(8-19(31)32)21(34)26-15(23(36)37)5-6-18(29)30/h1-4,9,13,15-17,25,38H,5-8,10,24H2,(H,26,34)(H,27,35)(H,28,33)(H,29,30)(H,31,32)(H,36,37). The van der Waals surface area contributed by atoms with Gasteiger partial charge in [0, 0.05) is 29.3 Å². The van der Waals surface area contributed by atoms with Gasteiger partial charge in [0.05, 0.1) is 12.5 Å². The Morgan fingerprint density at radius 3 is 2.08 bits per heavy atom. The smallest absolute Gasteiger partial charge is 0.326 e. The van der Waals surface area contributed by atoms with E-state index >= 15 is 0 Å². The van der Waals surface area contributed by atoms with Gasteiger partial charge in [-0.1, -0.05) is 18.2 Å². The van der Waals surface area contributed by atoms with Crippen molar-refractivity contribution in [1.29, 1.82) is 0 Å². The van der Waals surface area contributed by atoms with Crippen LogP contribution in [0.3, 0.4) is 0 Å². The van der Waals surface area contributed by atoms with E-state index in [2.05, 4.69) is 28.2 Å². The van der Waals surface area contributed by atoms with Gasteiger partial charge in [-0.2, -0.15) is 12.6 Å². The van der Waals surface area contributed by atoms with Crippen LogP contribution >= 0.6 is 12.6 Å². The molecule has 0 fully saturated rings. The second-order valence-electron chi connectivity index (χ2n) is 8.40. The zero-order valence-corrected chi connectivity index (χ0v) is 20.9. The van der Waals surface area contributed by atoms with Gasteiger partial charge in [0.2, 0.25) is 17.7 Å². The molecule has 4 unspecified atom stereocenters. The van der Waals surface area contributed by atoms with Crippen molar-refractivity contribution in [1.82, 2.24) is 20.9 Å². The van der Waals surface area contributed by atoms with Crippen molar-refractivity contribution >= 4 is 59.2 Å². The third kappa shape index (κ3) is 8.77. The van der Waals surface area contributed by atoms with Gasteiger partial charge in [0.15, 0.2) is 0 Å². The number of thiol groups is 1.